The number of barbiturate groups is 1. The first-order valence-electron chi connectivity index (χ1n) is 7.79. The summed E-state index contributed by atoms with van der Waals surface area (Å²) in [7, 11) is 0. The molecule has 6 amide bonds. The predicted molar refractivity (Wildman–Crippen MR) is 92.2 cm³/mol. The molecule has 0 aliphatic carbocycles. The molecule has 0 bridgehead atoms. The van der Waals surface area contributed by atoms with E-state index in [0.717, 1.165) is 0 Å². The fourth-order valence-corrected chi connectivity index (χ4v) is 2.69. The number of nitrogens with two attached hydrogens (primary N) is 1. The maximum Gasteiger partial charge on any atom is 0.328 e. The van der Waals surface area contributed by atoms with Crippen LogP contribution in [0.15, 0.2) is 54.6 Å². The van der Waals surface area contributed by atoms with Crippen LogP contribution in [0.5, 0.6) is 0 Å². The molecule has 1 aliphatic rings. The van der Waals surface area contributed by atoms with Gasteiger partial charge in [0, 0.05) is 11.1 Å². The Morgan fingerprint density at radius 2 is 1.33 bits per heavy atom. The summed E-state index contributed by atoms with van der Waals surface area (Å²) >= 11 is 0. The molecule has 136 valence electrons. The lowest BCUT2D eigenvalue weighted by atomic mass is 9.86. The van der Waals surface area contributed by atoms with Crippen molar-refractivity contribution in [1.29, 1.82) is 0 Å². The molecule has 9 nitrogen and oxygen atoms in total. The van der Waals surface area contributed by atoms with Crippen LogP contribution in [0.4, 0.5) is 4.79 Å². The molecule has 2 aromatic carbocycles. The first-order valence-corrected chi connectivity index (χ1v) is 7.79. The maximum absolute atomic E-state index is 12.7. The molecule has 27 heavy (non-hydrogen) atoms. The van der Waals surface area contributed by atoms with Crippen molar-refractivity contribution in [2.24, 2.45) is 5.73 Å². The van der Waals surface area contributed by atoms with Crippen LogP contribution in [0.25, 0.3) is 0 Å². The van der Waals surface area contributed by atoms with Crippen molar-refractivity contribution in [2.75, 3.05) is 0 Å². The normalized spacial score (nSPS) is 15.5. The highest BCUT2D eigenvalue weighted by Crippen LogP contribution is 2.25. The van der Waals surface area contributed by atoms with Gasteiger partial charge >= 0.3 is 6.03 Å². The van der Waals surface area contributed by atoms with Gasteiger partial charge in [0.05, 0.1) is 0 Å². The second-order valence-electron chi connectivity index (χ2n) is 5.75. The third kappa shape index (κ3) is 3.13. The van der Waals surface area contributed by atoms with Crippen molar-refractivity contribution >= 4 is 29.7 Å². The van der Waals surface area contributed by atoms with Gasteiger partial charge in [-0.25, -0.2) is 4.79 Å². The Balaban J connectivity index is 2.01. The Kier molecular flexibility index (Phi) is 4.43. The molecule has 1 heterocycles. The van der Waals surface area contributed by atoms with Gasteiger partial charge in [0.25, 0.3) is 17.7 Å². The van der Waals surface area contributed by atoms with E-state index in [1.165, 1.54) is 36.4 Å². The SMILES string of the molecule is NC(=O)c1ccc(C(=O)NC2(c3ccccc3)C(=O)NC(=O)NC2=O)cc1. The van der Waals surface area contributed by atoms with Crippen molar-refractivity contribution in [1.82, 2.24) is 16.0 Å². The van der Waals surface area contributed by atoms with E-state index in [0.29, 0.717) is 0 Å². The van der Waals surface area contributed by atoms with Gasteiger partial charge in [-0.3, -0.25) is 29.8 Å². The summed E-state index contributed by atoms with van der Waals surface area (Å²) in [5, 5.41) is 6.39. The minimum absolute atomic E-state index is 0.0906. The summed E-state index contributed by atoms with van der Waals surface area (Å²) < 4.78 is 0. The van der Waals surface area contributed by atoms with Crippen molar-refractivity contribution in [2.45, 2.75) is 5.54 Å². The molecule has 9 heteroatoms. The zero-order chi connectivity index (χ0) is 19.6. The fraction of sp³-hybridized carbons (Fsp3) is 0.0556. The number of imide groups is 2. The molecular weight excluding hydrogens is 352 g/mol. The highest BCUT2D eigenvalue weighted by atomic mass is 16.2. The summed E-state index contributed by atoms with van der Waals surface area (Å²) in [6, 6.07) is 12.2. The number of carbonyl (C=O) groups is 5. The van der Waals surface area contributed by atoms with Crippen molar-refractivity contribution in [3.05, 3.63) is 71.3 Å². The number of nitrogens with one attached hydrogen (secondary N) is 3. The van der Waals surface area contributed by atoms with Crippen LogP contribution >= 0.6 is 0 Å². The lowest BCUT2D eigenvalue weighted by Gasteiger charge is -2.34. The third-order valence-corrected chi connectivity index (χ3v) is 4.07. The number of urea groups is 1. The minimum Gasteiger partial charge on any atom is -0.366 e. The zero-order valence-corrected chi connectivity index (χ0v) is 13.8. The summed E-state index contributed by atoms with van der Waals surface area (Å²) in [6.07, 6.45) is 0. The largest absolute Gasteiger partial charge is 0.366 e. The van der Waals surface area contributed by atoms with E-state index in [9.17, 15) is 24.0 Å². The van der Waals surface area contributed by atoms with Gasteiger partial charge in [0.2, 0.25) is 11.4 Å². The number of hydrogen-bond donors (Lipinski definition) is 4. The van der Waals surface area contributed by atoms with Crippen LogP contribution in [-0.2, 0) is 15.1 Å². The van der Waals surface area contributed by atoms with Crippen LogP contribution in [0.1, 0.15) is 26.3 Å². The summed E-state index contributed by atoms with van der Waals surface area (Å²) in [5.74, 6) is -3.38. The Labute approximate surface area is 152 Å². The van der Waals surface area contributed by atoms with Gasteiger partial charge in [0.1, 0.15) is 0 Å². The Morgan fingerprint density at radius 3 is 1.85 bits per heavy atom. The summed E-state index contributed by atoms with van der Waals surface area (Å²) in [5.41, 5.74) is 3.49. The number of rotatable bonds is 4. The van der Waals surface area contributed by atoms with Gasteiger partial charge in [-0.2, -0.15) is 0 Å². The van der Waals surface area contributed by atoms with Gasteiger partial charge in [-0.05, 0) is 29.8 Å². The van der Waals surface area contributed by atoms with Crippen molar-refractivity contribution in [3.63, 3.8) is 0 Å². The van der Waals surface area contributed by atoms with E-state index < -0.39 is 35.2 Å². The second-order valence-corrected chi connectivity index (χ2v) is 5.75. The number of hydrogen-bond acceptors (Lipinski definition) is 5. The molecule has 5 N–H and O–H groups in total. The van der Waals surface area contributed by atoms with E-state index in [4.69, 9.17) is 5.73 Å². The molecule has 0 unspecified atom stereocenters. The summed E-state index contributed by atoms with van der Waals surface area (Å²) in [6.45, 7) is 0. The molecule has 0 aromatic heterocycles. The second kappa shape index (κ2) is 6.71. The number of benzene rings is 2. The number of carbonyl (C=O) groups excluding carboxylic acids is 5. The maximum atomic E-state index is 12.7. The molecule has 3 rings (SSSR count). The number of primary amides is 1. The lowest BCUT2D eigenvalue weighted by Crippen LogP contribution is -2.71. The quantitative estimate of drug-likeness (QED) is 0.552. The highest BCUT2D eigenvalue weighted by Gasteiger charge is 2.53. The van der Waals surface area contributed by atoms with Gasteiger partial charge < -0.3 is 11.1 Å². The minimum atomic E-state index is -2.13. The lowest BCUT2D eigenvalue weighted by molar-refractivity contribution is -0.139. The van der Waals surface area contributed by atoms with Crippen LogP contribution in [-0.4, -0.2) is 29.7 Å². The van der Waals surface area contributed by atoms with Crippen LogP contribution in [0.3, 0.4) is 0 Å². The topological polar surface area (TPSA) is 147 Å². The molecule has 0 radical (unpaired) electrons. The zero-order valence-electron chi connectivity index (χ0n) is 13.8. The van der Waals surface area contributed by atoms with Crippen LogP contribution in [0.2, 0.25) is 0 Å². The van der Waals surface area contributed by atoms with E-state index >= 15 is 0 Å². The molecule has 0 saturated carbocycles. The Morgan fingerprint density at radius 1 is 0.815 bits per heavy atom. The van der Waals surface area contributed by atoms with Crippen molar-refractivity contribution in [3.8, 4) is 0 Å². The fourth-order valence-electron chi connectivity index (χ4n) is 2.69. The molecule has 1 aliphatic heterocycles. The molecule has 1 fully saturated rings. The van der Waals surface area contributed by atoms with Crippen molar-refractivity contribution < 1.29 is 24.0 Å². The van der Waals surface area contributed by atoms with E-state index in [1.807, 2.05) is 10.6 Å². The van der Waals surface area contributed by atoms with E-state index in [2.05, 4.69) is 5.32 Å². The average Bonchev–Trinajstić information content (AvgIpc) is 2.65. The summed E-state index contributed by atoms with van der Waals surface area (Å²) in [4.78, 5) is 60.4. The molecule has 0 spiro atoms. The third-order valence-electron chi connectivity index (χ3n) is 4.07. The monoisotopic (exact) mass is 366 g/mol. The first kappa shape index (κ1) is 17.8. The standard InChI is InChI=1S/C18H14N4O5/c19-13(23)10-6-8-11(9-7-10)14(24)22-18(12-4-2-1-3-5-12)15(25)20-17(27)21-16(18)26/h1-9H,(H2,19,23)(H,22,24)(H2,20,21,25,26,27). The predicted octanol–water partition coefficient (Wildman–Crippen LogP) is -0.223. The van der Waals surface area contributed by atoms with Gasteiger partial charge in [-0.1, -0.05) is 30.3 Å². The highest BCUT2D eigenvalue weighted by molar-refractivity contribution is 6.24. The van der Waals surface area contributed by atoms with E-state index in [-0.39, 0.29) is 16.7 Å². The first-order chi connectivity index (χ1) is 12.8. The van der Waals surface area contributed by atoms with Crippen LogP contribution in [0, 0.1) is 0 Å². The van der Waals surface area contributed by atoms with E-state index in [1.54, 1.807) is 18.2 Å². The molecule has 1 saturated heterocycles. The average molecular weight is 366 g/mol. The smallest absolute Gasteiger partial charge is 0.328 e. The van der Waals surface area contributed by atoms with Crippen LogP contribution < -0.4 is 21.7 Å². The Bertz CT molecular complexity index is 933. The van der Waals surface area contributed by atoms with Gasteiger partial charge in [-0.15, -0.1) is 0 Å². The molecular formula is C18H14N4O5. The molecule has 0 atom stereocenters. The van der Waals surface area contributed by atoms with Gasteiger partial charge in [0.15, 0.2) is 0 Å². The number of amides is 6. The Hall–Kier alpha value is -4.01. The molecule has 2 aromatic rings.